The van der Waals surface area contributed by atoms with Crippen LogP contribution in [0.4, 0.5) is 0 Å². The first-order valence-corrected chi connectivity index (χ1v) is 4.42. The number of hydrogen-bond acceptors (Lipinski definition) is 3. The Morgan fingerprint density at radius 3 is 2.69 bits per heavy atom. The molecule has 0 spiro atoms. The van der Waals surface area contributed by atoms with Crippen LogP contribution in [0.2, 0.25) is 0 Å². The van der Waals surface area contributed by atoms with E-state index in [0.717, 1.165) is 0 Å². The minimum atomic E-state index is -0.729. The number of carbonyl (C=O) groups excluding carboxylic acids is 1. The molecule has 1 heterocycles. The second-order valence-electron chi connectivity index (χ2n) is 3.52. The fourth-order valence-electron chi connectivity index (χ4n) is 0.956. The first kappa shape index (κ1) is 10.0. The van der Waals surface area contributed by atoms with Gasteiger partial charge in [-0.15, -0.1) is 0 Å². The summed E-state index contributed by atoms with van der Waals surface area (Å²) < 4.78 is 4.89. The van der Waals surface area contributed by atoms with Gasteiger partial charge in [-0.3, -0.25) is 4.79 Å². The van der Waals surface area contributed by atoms with Crippen molar-refractivity contribution in [3.8, 4) is 6.07 Å². The Morgan fingerprint density at radius 1 is 1.77 bits per heavy atom. The molecule has 1 unspecified atom stereocenters. The van der Waals surface area contributed by atoms with Crippen molar-refractivity contribution in [1.29, 1.82) is 5.26 Å². The van der Waals surface area contributed by atoms with Gasteiger partial charge in [-0.05, 0) is 13.3 Å². The second-order valence-corrected chi connectivity index (χ2v) is 3.52. The molecule has 1 N–H and O–H groups in total. The summed E-state index contributed by atoms with van der Waals surface area (Å²) in [5.41, 5.74) is -0.729. The van der Waals surface area contributed by atoms with Gasteiger partial charge in [0.15, 0.2) is 0 Å². The first-order valence-electron chi connectivity index (χ1n) is 4.42. The van der Waals surface area contributed by atoms with E-state index in [0.29, 0.717) is 19.6 Å². The normalized spacial score (nSPS) is 21.0. The number of nitriles is 1. The molecule has 0 bridgehead atoms. The van der Waals surface area contributed by atoms with Crippen LogP contribution in [0, 0.1) is 17.2 Å². The molecule has 1 aliphatic rings. The Labute approximate surface area is 77.9 Å². The molecule has 0 saturated carbocycles. The van der Waals surface area contributed by atoms with E-state index in [-0.39, 0.29) is 11.8 Å². The Hall–Kier alpha value is -1.08. The number of hydrogen-bond donors (Lipinski definition) is 1. The topological polar surface area (TPSA) is 62.1 Å². The summed E-state index contributed by atoms with van der Waals surface area (Å²) in [6, 6.07) is 2.09. The van der Waals surface area contributed by atoms with Gasteiger partial charge in [0.2, 0.25) is 5.91 Å². The molecule has 0 radical (unpaired) electrons. The lowest BCUT2D eigenvalue weighted by molar-refractivity contribution is -0.140. The van der Waals surface area contributed by atoms with Gasteiger partial charge in [0, 0.05) is 0 Å². The van der Waals surface area contributed by atoms with E-state index in [9.17, 15) is 4.79 Å². The van der Waals surface area contributed by atoms with Crippen molar-refractivity contribution in [3.05, 3.63) is 0 Å². The van der Waals surface area contributed by atoms with E-state index in [1.807, 2.05) is 6.92 Å². The molecule has 0 aliphatic carbocycles. The number of nitrogens with zero attached hydrogens (tertiary/aromatic N) is 1. The zero-order valence-electron chi connectivity index (χ0n) is 7.96. The molecule has 1 aliphatic heterocycles. The smallest absolute Gasteiger partial charge is 0.229 e. The quantitative estimate of drug-likeness (QED) is 0.689. The molecule has 0 aromatic rings. The molecule has 1 fully saturated rings. The van der Waals surface area contributed by atoms with E-state index >= 15 is 0 Å². The maximum Gasteiger partial charge on any atom is 0.229 e. The van der Waals surface area contributed by atoms with Crippen LogP contribution >= 0.6 is 0 Å². The summed E-state index contributed by atoms with van der Waals surface area (Å²) >= 11 is 0. The highest BCUT2D eigenvalue weighted by atomic mass is 16.5. The van der Waals surface area contributed by atoms with Gasteiger partial charge in [-0.2, -0.15) is 5.26 Å². The minimum absolute atomic E-state index is 0.0563. The molecule has 0 aromatic heterocycles. The Bertz CT molecular complexity index is 242. The van der Waals surface area contributed by atoms with Crippen molar-refractivity contribution >= 4 is 5.91 Å². The molecule has 0 aromatic carbocycles. The molecule has 1 amide bonds. The van der Waals surface area contributed by atoms with E-state index in [1.165, 1.54) is 0 Å². The molecule has 1 atom stereocenters. The standard InChI is InChI=1S/C9H14N2O2/c1-3-9(2,6-10)11-8(12)7-4-13-5-7/h7H,3-5H2,1-2H3,(H,11,12). The molecular formula is C9H14N2O2. The van der Waals surface area contributed by atoms with Crippen molar-refractivity contribution in [2.24, 2.45) is 5.92 Å². The third-order valence-corrected chi connectivity index (χ3v) is 2.36. The summed E-state index contributed by atoms with van der Waals surface area (Å²) in [5.74, 6) is -0.128. The highest BCUT2D eigenvalue weighted by Crippen LogP contribution is 2.13. The zero-order valence-corrected chi connectivity index (χ0v) is 7.96. The number of carbonyl (C=O) groups is 1. The fourth-order valence-corrected chi connectivity index (χ4v) is 0.956. The number of rotatable bonds is 3. The van der Waals surface area contributed by atoms with E-state index < -0.39 is 5.54 Å². The van der Waals surface area contributed by atoms with Gasteiger partial charge in [-0.1, -0.05) is 6.92 Å². The van der Waals surface area contributed by atoms with Gasteiger partial charge >= 0.3 is 0 Å². The lowest BCUT2D eigenvalue weighted by Gasteiger charge is -2.29. The van der Waals surface area contributed by atoms with Gasteiger partial charge < -0.3 is 10.1 Å². The third kappa shape index (κ3) is 2.19. The highest BCUT2D eigenvalue weighted by molar-refractivity contribution is 5.80. The first-order chi connectivity index (χ1) is 6.11. The van der Waals surface area contributed by atoms with Gasteiger partial charge in [0.25, 0.3) is 0 Å². The SMILES string of the molecule is CCC(C)(C#N)NC(=O)C1COC1. The van der Waals surface area contributed by atoms with Crippen molar-refractivity contribution in [2.75, 3.05) is 13.2 Å². The minimum Gasteiger partial charge on any atom is -0.380 e. The highest BCUT2D eigenvalue weighted by Gasteiger charge is 2.31. The van der Waals surface area contributed by atoms with Crippen LogP contribution in [0.3, 0.4) is 0 Å². The van der Waals surface area contributed by atoms with Crippen LogP contribution in [0.25, 0.3) is 0 Å². The molecule has 13 heavy (non-hydrogen) atoms. The van der Waals surface area contributed by atoms with E-state index in [4.69, 9.17) is 10.00 Å². The van der Waals surface area contributed by atoms with E-state index in [1.54, 1.807) is 6.92 Å². The average Bonchev–Trinajstić information content (AvgIpc) is 2.01. The largest absolute Gasteiger partial charge is 0.380 e. The van der Waals surface area contributed by atoms with Gasteiger partial charge in [0.1, 0.15) is 5.54 Å². The van der Waals surface area contributed by atoms with Gasteiger partial charge in [-0.25, -0.2) is 0 Å². The second kappa shape index (κ2) is 3.75. The van der Waals surface area contributed by atoms with Crippen LogP contribution in [0.1, 0.15) is 20.3 Å². The van der Waals surface area contributed by atoms with Crippen LogP contribution < -0.4 is 5.32 Å². The zero-order chi connectivity index (χ0) is 9.90. The van der Waals surface area contributed by atoms with Crippen LogP contribution in [-0.4, -0.2) is 24.7 Å². The summed E-state index contributed by atoms with van der Waals surface area (Å²) in [6.07, 6.45) is 0.614. The summed E-state index contributed by atoms with van der Waals surface area (Å²) in [4.78, 5) is 11.4. The maximum absolute atomic E-state index is 11.4. The molecule has 4 heteroatoms. The van der Waals surface area contributed by atoms with Crippen molar-refractivity contribution < 1.29 is 9.53 Å². The summed E-state index contributed by atoms with van der Waals surface area (Å²) in [6.45, 7) is 4.57. The number of ether oxygens (including phenoxy) is 1. The van der Waals surface area contributed by atoms with Crippen molar-refractivity contribution in [1.82, 2.24) is 5.32 Å². The summed E-state index contributed by atoms with van der Waals surface area (Å²) in [7, 11) is 0. The van der Waals surface area contributed by atoms with Crippen molar-refractivity contribution in [2.45, 2.75) is 25.8 Å². The Kier molecular flexibility index (Phi) is 2.89. The monoisotopic (exact) mass is 182 g/mol. The van der Waals surface area contributed by atoms with Crippen LogP contribution in [0.15, 0.2) is 0 Å². The molecular weight excluding hydrogens is 168 g/mol. The Balaban J connectivity index is 2.46. The third-order valence-electron chi connectivity index (χ3n) is 2.36. The lowest BCUT2D eigenvalue weighted by atomic mass is 9.98. The number of amides is 1. The van der Waals surface area contributed by atoms with E-state index in [2.05, 4.69) is 11.4 Å². The van der Waals surface area contributed by atoms with Crippen LogP contribution in [-0.2, 0) is 9.53 Å². The fraction of sp³-hybridized carbons (Fsp3) is 0.778. The lowest BCUT2D eigenvalue weighted by Crippen LogP contribution is -2.51. The molecule has 72 valence electrons. The summed E-state index contributed by atoms with van der Waals surface area (Å²) in [5, 5.41) is 11.5. The Morgan fingerprint density at radius 2 is 2.38 bits per heavy atom. The molecule has 1 rings (SSSR count). The predicted molar refractivity (Wildman–Crippen MR) is 46.8 cm³/mol. The predicted octanol–water partition coefficient (Wildman–Crippen LogP) is 0.441. The average molecular weight is 182 g/mol. The van der Waals surface area contributed by atoms with Crippen LogP contribution in [0.5, 0.6) is 0 Å². The number of nitrogens with one attached hydrogen (secondary N) is 1. The molecule has 4 nitrogen and oxygen atoms in total. The maximum atomic E-state index is 11.4. The van der Waals surface area contributed by atoms with Gasteiger partial charge in [0.05, 0.1) is 25.2 Å². The van der Waals surface area contributed by atoms with Crippen molar-refractivity contribution in [3.63, 3.8) is 0 Å². The molecule has 1 saturated heterocycles.